The van der Waals surface area contributed by atoms with E-state index in [-0.39, 0.29) is 6.04 Å². The van der Waals surface area contributed by atoms with Crippen LogP contribution in [-0.2, 0) is 21.2 Å². The van der Waals surface area contributed by atoms with Crippen molar-refractivity contribution < 1.29 is 27.9 Å². The lowest BCUT2D eigenvalue weighted by Crippen LogP contribution is -2.30. The van der Waals surface area contributed by atoms with Crippen LogP contribution in [0.2, 0.25) is 0 Å². The number of hydrogen-bond acceptors (Lipinski definition) is 5. The molecule has 41 heavy (non-hydrogen) atoms. The summed E-state index contributed by atoms with van der Waals surface area (Å²) in [6, 6.07) is 22.2. The Morgan fingerprint density at radius 3 is 2.07 bits per heavy atom. The first-order chi connectivity index (χ1) is 19.6. The lowest BCUT2D eigenvalue weighted by atomic mass is 9.93. The van der Waals surface area contributed by atoms with E-state index in [1.165, 1.54) is 12.1 Å². The molecule has 0 bridgehead atoms. The molecule has 1 aromatic heterocycles. The van der Waals surface area contributed by atoms with Crippen LogP contribution in [0.3, 0.4) is 0 Å². The molecule has 0 amide bonds. The molecule has 2 heterocycles. The minimum absolute atomic E-state index is 0.282. The number of rotatable bonds is 7. The second-order valence-corrected chi connectivity index (χ2v) is 10.5. The summed E-state index contributed by atoms with van der Waals surface area (Å²) in [6.07, 6.45) is -0.188. The zero-order valence-corrected chi connectivity index (χ0v) is 22.0. The van der Waals surface area contributed by atoms with Crippen LogP contribution < -0.4 is 5.32 Å². The van der Waals surface area contributed by atoms with Crippen LogP contribution >= 0.6 is 0 Å². The largest absolute Gasteiger partial charge is 0.481 e. The normalized spacial score (nSPS) is 19.3. The van der Waals surface area contributed by atoms with E-state index in [0.29, 0.717) is 29.7 Å². The lowest BCUT2D eigenvalue weighted by molar-refractivity contribution is -0.140. The Labute approximate surface area is 234 Å². The van der Waals surface area contributed by atoms with Gasteiger partial charge in [-0.1, -0.05) is 65.8 Å². The number of nitrogens with zero attached hydrogens (tertiary/aromatic N) is 2. The minimum Gasteiger partial charge on any atom is -0.481 e. The van der Waals surface area contributed by atoms with Gasteiger partial charge in [0.25, 0.3) is 0 Å². The molecule has 0 spiro atoms. The number of halogens is 3. The van der Waals surface area contributed by atoms with Crippen LogP contribution in [0.15, 0.2) is 96.4 Å². The van der Waals surface area contributed by atoms with Crippen molar-refractivity contribution in [3.8, 4) is 22.3 Å². The van der Waals surface area contributed by atoms with Crippen LogP contribution in [-0.4, -0.2) is 27.8 Å². The van der Waals surface area contributed by atoms with Crippen LogP contribution in [0, 0.1) is 0 Å². The van der Waals surface area contributed by atoms with Crippen molar-refractivity contribution in [2.24, 2.45) is 5.16 Å². The van der Waals surface area contributed by atoms with Crippen molar-refractivity contribution in [1.82, 2.24) is 4.98 Å². The summed E-state index contributed by atoms with van der Waals surface area (Å²) in [4.78, 5) is 21.7. The first kappa shape index (κ1) is 26.6. The Balaban J connectivity index is 1.17. The highest BCUT2D eigenvalue weighted by molar-refractivity contribution is 5.91. The fourth-order valence-corrected chi connectivity index (χ4v) is 5.22. The van der Waals surface area contributed by atoms with Gasteiger partial charge in [0.2, 0.25) is 0 Å². The summed E-state index contributed by atoms with van der Waals surface area (Å²) in [5.74, 6) is -0.770. The highest BCUT2D eigenvalue weighted by atomic mass is 19.4. The number of hydrogen-bond donors (Lipinski definition) is 2. The Hall–Kier alpha value is -4.66. The number of carboxylic acid groups (broad SMARTS) is 1. The lowest BCUT2D eigenvalue weighted by Gasteiger charge is -2.21. The Bertz CT molecular complexity index is 1610. The molecule has 2 unspecified atom stereocenters. The van der Waals surface area contributed by atoms with Gasteiger partial charge in [0.15, 0.2) is 6.10 Å². The summed E-state index contributed by atoms with van der Waals surface area (Å²) in [5.41, 5.74) is 5.05. The molecular formula is C32H26F3N3O3. The van der Waals surface area contributed by atoms with Crippen LogP contribution in [0.5, 0.6) is 0 Å². The number of nitrogens with one attached hydrogen (secondary N) is 1. The van der Waals surface area contributed by atoms with E-state index in [4.69, 9.17) is 4.84 Å². The first-order valence-corrected chi connectivity index (χ1v) is 13.2. The third-order valence-electron chi connectivity index (χ3n) is 7.84. The summed E-state index contributed by atoms with van der Waals surface area (Å²) in [5, 5.41) is 17.2. The Morgan fingerprint density at radius 1 is 0.902 bits per heavy atom. The molecule has 2 aliphatic rings. The molecule has 1 aliphatic heterocycles. The summed E-state index contributed by atoms with van der Waals surface area (Å²) in [6.45, 7) is 1.87. The fourth-order valence-electron chi connectivity index (χ4n) is 5.22. The van der Waals surface area contributed by atoms with Gasteiger partial charge in [-0.3, -0.25) is 9.78 Å². The molecule has 1 aliphatic carbocycles. The molecule has 4 aromatic rings. The van der Waals surface area contributed by atoms with Crippen LogP contribution in [0.1, 0.15) is 42.6 Å². The van der Waals surface area contributed by atoms with E-state index in [2.05, 4.69) is 15.5 Å². The van der Waals surface area contributed by atoms with Gasteiger partial charge in [0.1, 0.15) is 6.04 Å². The van der Waals surface area contributed by atoms with Crippen molar-refractivity contribution in [3.63, 3.8) is 0 Å². The highest BCUT2D eigenvalue weighted by Gasteiger charge is 2.51. The molecule has 6 nitrogen and oxygen atoms in total. The van der Waals surface area contributed by atoms with Crippen molar-refractivity contribution in [3.05, 3.63) is 108 Å². The summed E-state index contributed by atoms with van der Waals surface area (Å²) in [7, 11) is 0. The van der Waals surface area contributed by atoms with Crippen molar-refractivity contribution >= 4 is 17.4 Å². The number of carbonyl (C=O) groups is 1. The number of pyridine rings is 1. The van der Waals surface area contributed by atoms with E-state index in [9.17, 15) is 23.1 Å². The van der Waals surface area contributed by atoms with Crippen molar-refractivity contribution in [1.29, 1.82) is 0 Å². The predicted molar refractivity (Wildman–Crippen MR) is 149 cm³/mol. The van der Waals surface area contributed by atoms with Crippen LogP contribution in [0.25, 0.3) is 22.3 Å². The third kappa shape index (κ3) is 5.15. The van der Waals surface area contributed by atoms with Crippen LogP contribution in [0.4, 0.5) is 18.9 Å². The van der Waals surface area contributed by atoms with Gasteiger partial charge >= 0.3 is 12.1 Å². The number of alkyl halides is 3. The molecule has 0 radical (unpaired) electrons. The standard InChI is InChI=1S/C32H26F3N3O3/c1-19-28(37-27-16-24(17-36-18-27)22-8-12-26(13-9-22)32(33,34)35)29(41-38-19)23-4-2-20(3-5-23)21-6-10-25(11-7-21)31(14-15-31)30(39)40/h2-13,16-18,28-29,37H,14-15H2,1H3,(H,39,40). The predicted octanol–water partition coefficient (Wildman–Crippen LogP) is 7.48. The monoisotopic (exact) mass is 557 g/mol. The summed E-state index contributed by atoms with van der Waals surface area (Å²) >= 11 is 0. The van der Waals surface area contributed by atoms with Crippen molar-refractivity contribution in [2.45, 2.75) is 43.5 Å². The maximum atomic E-state index is 13.0. The average molecular weight is 558 g/mol. The molecule has 1 fully saturated rings. The van der Waals surface area contributed by atoms with E-state index >= 15 is 0 Å². The van der Waals surface area contributed by atoms with Gasteiger partial charge in [-0.2, -0.15) is 13.2 Å². The van der Waals surface area contributed by atoms with Crippen molar-refractivity contribution in [2.75, 3.05) is 5.32 Å². The number of anilines is 1. The highest BCUT2D eigenvalue weighted by Crippen LogP contribution is 2.48. The van der Waals surface area contributed by atoms with E-state index < -0.39 is 29.2 Å². The SMILES string of the molecule is CC1=NOC(c2ccc(-c3ccc(C4(C(=O)O)CC4)cc3)cc2)C1Nc1cncc(-c2ccc(C(F)(F)F)cc2)c1. The molecule has 0 saturated heterocycles. The molecule has 6 rings (SSSR count). The topological polar surface area (TPSA) is 83.8 Å². The first-order valence-electron chi connectivity index (χ1n) is 13.2. The van der Waals surface area contributed by atoms with Gasteiger partial charge in [-0.15, -0.1) is 0 Å². The van der Waals surface area contributed by atoms with E-state index in [0.717, 1.165) is 40.1 Å². The fraction of sp³-hybridized carbons (Fsp3) is 0.219. The van der Waals surface area contributed by atoms with Gasteiger partial charge < -0.3 is 15.3 Å². The zero-order valence-electron chi connectivity index (χ0n) is 22.0. The number of benzene rings is 3. The molecule has 208 valence electrons. The van der Waals surface area contributed by atoms with Gasteiger partial charge in [0.05, 0.1) is 22.4 Å². The Kier molecular flexibility index (Phi) is 6.52. The maximum Gasteiger partial charge on any atom is 0.416 e. The minimum atomic E-state index is -4.39. The molecule has 9 heteroatoms. The zero-order chi connectivity index (χ0) is 28.8. The summed E-state index contributed by atoms with van der Waals surface area (Å²) < 4.78 is 38.9. The number of aliphatic carboxylic acids is 1. The smallest absolute Gasteiger partial charge is 0.416 e. The maximum absolute atomic E-state index is 13.0. The van der Waals surface area contributed by atoms with Gasteiger partial charge in [-0.05, 0) is 65.8 Å². The second kappa shape index (κ2) is 10.1. The molecule has 3 aromatic carbocycles. The number of carboxylic acids is 1. The van der Waals surface area contributed by atoms with Gasteiger partial charge in [-0.25, -0.2) is 0 Å². The third-order valence-corrected chi connectivity index (χ3v) is 7.84. The molecular weight excluding hydrogens is 531 g/mol. The quantitative estimate of drug-likeness (QED) is 0.246. The molecule has 2 N–H and O–H groups in total. The van der Waals surface area contributed by atoms with E-state index in [1.807, 2.05) is 61.5 Å². The van der Waals surface area contributed by atoms with E-state index in [1.54, 1.807) is 12.4 Å². The second-order valence-electron chi connectivity index (χ2n) is 10.5. The Morgan fingerprint density at radius 2 is 1.49 bits per heavy atom. The average Bonchev–Trinajstić information content (AvgIpc) is 3.72. The molecule has 2 atom stereocenters. The number of oxime groups is 1. The number of aromatic nitrogens is 1. The van der Waals surface area contributed by atoms with Gasteiger partial charge in [0, 0.05) is 18.0 Å². The molecule has 1 saturated carbocycles.